The van der Waals surface area contributed by atoms with E-state index < -0.39 is 0 Å². The number of likely N-dealkylation sites (N-methyl/N-ethyl adjacent to an activating group) is 1. The van der Waals surface area contributed by atoms with E-state index in [1.54, 1.807) is 12.5 Å². The quantitative estimate of drug-likeness (QED) is 0.509. The minimum absolute atomic E-state index is 0.0653. The maximum absolute atomic E-state index is 13.8. The van der Waals surface area contributed by atoms with Crippen molar-refractivity contribution in [2.24, 2.45) is 0 Å². The van der Waals surface area contributed by atoms with Crippen LogP contribution in [0.5, 0.6) is 0 Å². The van der Waals surface area contributed by atoms with Crippen LogP contribution in [0.4, 0.5) is 11.4 Å². The van der Waals surface area contributed by atoms with Gasteiger partial charge in [0.2, 0.25) is 0 Å². The molecule has 9 nitrogen and oxygen atoms in total. The van der Waals surface area contributed by atoms with E-state index in [1.165, 1.54) is 5.69 Å². The molecule has 3 aliphatic rings. The molecule has 202 valence electrons. The van der Waals surface area contributed by atoms with Crippen LogP contribution < -0.4 is 20.4 Å². The number of piperazine rings is 2. The highest BCUT2D eigenvalue weighted by atomic mass is 16.2. The number of benzene rings is 2. The first kappa shape index (κ1) is 25.3. The Bertz CT molecular complexity index is 1330. The van der Waals surface area contributed by atoms with Crippen molar-refractivity contribution in [1.29, 1.82) is 0 Å². The Morgan fingerprint density at radius 2 is 1.77 bits per heavy atom. The molecule has 9 heteroatoms. The van der Waals surface area contributed by atoms with Crippen LogP contribution in [0.3, 0.4) is 0 Å². The minimum atomic E-state index is -0.0653. The van der Waals surface area contributed by atoms with E-state index in [0.29, 0.717) is 25.8 Å². The summed E-state index contributed by atoms with van der Waals surface area (Å²) in [5, 5.41) is 6.75. The lowest BCUT2D eigenvalue weighted by Gasteiger charge is -2.34. The van der Waals surface area contributed by atoms with Crippen molar-refractivity contribution in [3.63, 3.8) is 0 Å². The molecule has 6 rings (SSSR count). The first-order chi connectivity index (χ1) is 19.1. The average molecular weight is 525 g/mol. The molecular formula is C30H36N8O. The van der Waals surface area contributed by atoms with Gasteiger partial charge >= 0.3 is 0 Å². The second-order valence-corrected chi connectivity index (χ2v) is 10.6. The monoisotopic (exact) mass is 524 g/mol. The number of aromatic nitrogens is 2. The highest BCUT2D eigenvalue weighted by Gasteiger charge is 2.36. The molecule has 2 fully saturated rings. The van der Waals surface area contributed by atoms with E-state index >= 15 is 0 Å². The molecule has 0 aliphatic carbocycles. The smallest absolute Gasteiger partial charge is 0.270 e. The molecule has 0 saturated carbocycles. The molecule has 0 radical (unpaired) electrons. The zero-order chi connectivity index (χ0) is 26.8. The topological polar surface area (TPSA) is 79.9 Å². The average Bonchev–Trinajstić information content (AvgIpc) is 3.36. The van der Waals surface area contributed by atoms with Crippen molar-refractivity contribution in [3.8, 4) is 11.3 Å². The number of nitrogens with zero attached hydrogens (tertiary/aromatic N) is 6. The van der Waals surface area contributed by atoms with Crippen molar-refractivity contribution in [1.82, 2.24) is 30.4 Å². The highest BCUT2D eigenvalue weighted by Crippen LogP contribution is 2.33. The van der Waals surface area contributed by atoms with Crippen molar-refractivity contribution < 1.29 is 4.79 Å². The third kappa shape index (κ3) is 5.32. The summed E-state index contributed by atoms with van der Waals surface area (Å²) in [6.45, 7) is 9.04. The molecule has 4 heterocycles. The molecule has 3 aromatic rings. The number of nitrogens with one attached hydrogen (secondary N) is 2. The predicted molar refractivity (Wildman–Crippen MR) is 154 cm³/mol. The zero-order valence-electron chi connectivity index (χ0n) is 22.7. The molecule has 1 aromatic heterocycles. The number of rotatable bonds is 6. The van der Waals surface area contributed by atoms with E-state index in [0.717, 1.165) is 66.6 Å². The third-order valence-corrected chi connectivity index (χ3v) is 7.91. The minimum Gasteiger partial charge on any atom is -0.369 e. The molecule has 2 N–H and O–H groups in total. The largest absolute Gasteiger partial charge is 0.369 e. The number of carbonyl (C=O) groups excluding carboxylic acids is 1. The van der Waals surface area contributed by atoms with E-state index in [1.807, 2.05) is 30.3 Å². The van der Waals surface area contributed by atoms with Crippen molar-refractivity contribution in [2.45, 2.75) is 19.5 Å². The van der Waals surface area contributed by atoms with Gasteiger partial charge in [0, 0.05) is 75.0 Å². The molecule has 1 unspecified atom stereocenters. The van der Waals surface area contributed by atoms with Crippen LogP contribution in [-0.4, -0.2) is 84.7 Å². The lowest BCUT2D eigenvalue weighted by molar-refractivity contribution is -0.117. The lowest BCUT2D eigenvalue weighted by atomic mass is 10.0. The SMILES string of the molecule is CC1CN2CN(c3ccc(N4CCN(C)CC4)cc3)C(C(=O)NCc3ccccc3-c3ccncn3)=C2CN1. The van der Waals surface area contributed by atoms with E-state index in [2.05, 4.69) is 78.4 Å². The molecule has 2 saturated heterocycles. The number of hydrogen-bond donors (Lipinski definition) is 2. The van der Waals surface area contributed by atoms with Crippen LogP contribution in [0.1, 0.15) is 12.5 Å². The molecule has 2 aromatic carbocycles. The fourth-order valence-corrected chi connectivity index (χ4v) is 5.67. The molecule has 1 amide bonds. The Balaban J connectivity index is 1.23. The summed E-state index contributed by atoms with van der Waals surface area (Å²) < 4.78 is 0. The van der Waals surface area contributed by atoms with Crippen molar-refractivity contribution in [2.75, 3.05) is 62.8 Å². The van der Waals surface area contributed by atoms with Gasteiger partial charge in [0.15, 0.2) is 0 Å². The fourth-order valence-electron chi connectivity index (χ4n) is 5.67. The zero-order valence-corrected chi connectivity index (χ0v) is 22.7. The van der Waals surface area contributed by atoms with Gasteiger partial charge < -0.3 is 30.2 Å². The first-order valence-corrected chi connectivity index (χ1v) is 13.7. The standard InChI is InChI=1S/C30H36N8O/c1-22-19-37-21-38(25-9-7-24(8-10-25)36-15-13-35(2)14-16-36)29(28(37)18-32-22)30(39)33-17-23-5-3-4-6-26(23)27-11-12-31-20-34-27/h3-12,20,22,32H,13-19,21H2,1-2H3,(H,33,39). The Hall–Kier alpha value is -3.95. The first-order valence-electron chi connectivity index (χ1n) is 13.7. The van der Waals surface area contributed by atoms with Crippen LogP contribution in [0.2, 0.25) is 0 Å². The molecular weight excluding hydrogens is 488 g/mol. The fraction of sp³-hybridized carbons (Fsp3) is 0.367. The summed E-state index contributed by atoms with van der Waals surface area (Å²) in [6, 6.07) is 19.0. The summed E-state index contributed by atoms with van der Waals surface area (Å²) >= 11 is 0. The predicted octanol–water partition coefficient (Wildman–Crippen LogP) is 2.49. The van der Waals surface area contributed by atoms with Crippen LogP contribution in [0.25, 0.3) is 11.3 Å². The number of fused-ring (bicyclic) bond motifs is 1. The highest BCUT2D eigenvalue weighted by molar-refractivity contribution is 5.98. The molecule has 3 aliphatic heterocycles. The Labute approximate surface area is 230 Å². The van der Waals surface area contributed by atoms with Gasteiger partial charge in [-0.3, -0.25) is 4.79 Å². The number of amides is 1. The maximum atomic E-state index is 13.8. The van der Waals surface area contributed by atoms with Crippen LogP contribution in [0, 0.1) is 0 Å². The summed E-state index contributed by atoms with van der Waals surface area (Å²) in [6.07, 6.45) is 3.29. The summed E-state index contributed by atoms with van der Waals surface area (Å²) in [5.74, 6) is -0.0653. The van der Waals surface area contributed by atoms with Gasteiger partial charge in [0.1, 0.15) is 12.0 Å². The van der Waals surface area contributed by atoms with Crippen molar-refractivity contribution in [3.05, 3.63) is 84.1 Å². The summed E-state index contributed by atoms with van der Waals surface area (Å²) in [5.41, 5.74) is 6.91. The van der Waals surface area contributed by atoms with Gasteiger partial charge in [0.05, 0.1) is 18.1 Å². The van der Waals surface area contributed by atoms with E-state index in [9.17, 15) is 4.79 Å². The summed E-state index contributed by atoms with van der Waals surface area (Å²) in [4.78, 5) is 31.6. The lowest BCUT2D eigenvalue weighted by Crippen LogP contribution is -2.47. The Morgan fingerprint density at radius 3 is 2.54 bits per heavy atom. The Kier molecular flexibility index (Phi) is 7.17. The summed E-state index contributed by atoms with van der Waals surface area (Å²) in [7, 11) is 2.17. The van der Waals surface area contributed by atoms with Crippen LogP contribution >= 0.6 is 0 Å². The number of carbonyl (C=O) groups is 1. The van der Waals surface area contributed by atoms with E-state index in [4.69, 9.17) is 0 Å². The number of anilines is 2. The van der Waals surface area contributed by atoms with Gasteiger partial charge in [-0.05, 0) is 49.9 Å². The number of hydrogen-bond acceptors (Lipinski definition) is 8. The van der Waals surface area contributed by atoms with Gasteiger partial charge in [-0.2, -0.15) is 0 Å². The van der Waals surface area contributed by atoms with Crippen LogP contribution in [-0.2, 0) is 11.3 Å². The molecule has 0 spiro atoms. The normalized spacial score (nSPS) is 19.8. The second-order valence-electron chi connectivity index (χ2n) is 10.6. The third-order valence-electron chi connectivity index (χ3n) is 7.91. The van der Waals surface area contributed by atoms with Gasteiger partial charge in [-0.1, -0.05) is 24.3 Å². The second kappa shape index (κ2) is 11.0. The molecule has 1 atom stereocenters. The van der Waals surface area contributed by atoms with E-state index in [-0.39, 0.29) is 5.91 Å². The van der Waals surface area contributed by atoms with Crippen LogP contribution in [0.15, 0.2) is 78.5 Å². The van der Waals surface area contributed by atoms with Gasteiger partial charge in [-0.15, -0.1) is 0 Å². The molecule has 0 bridgehead atoms. The van der Waals surface area contributed by atoms with Crippen molar-refractivity contribution >= 4 is 17.3 Å². The molecule has 39 heavy (non-hydrogen) atoms. The van der Waals surface area contributed by atoms with Gasteiger partial charge in [0.25, 0.3) is 5.91 Å². The Morgan fingerprint density at radius 1 is 1.00 bits per heavy atom. The van der Waals surface area contributed by atoms with Gasteiger partial charge in [-0.25, -0.2) is 9.97 Å². The maximum Gasteiger partial charge on any atom is 0.270 e.